The maximum Gasteiger partial charge on any atom is 0.338 e. The molecule has 0 aliphatic rings. The smallest absolute Gasteiger partial charge is 0.338 e. The zero-order chi connectivity index (χ0) is 22.7. The molecule has 5 N–H and O–H groups in total. The van der Waals surface area contributed by atoms with Crippen molar-refractivity contribution in [2.45, 2.75) is 9.79 Å². The Morgan fingerprint density at radius 1 is 0.903 bits per heavy atom. The van der Waals surface area contributed by atoms with Crippen molar-refractivity contribution in [2.75, 3.05) is 5.73 Å². The number of rotatable bonds is 4. The standard InChI is InChI=1S/C17H12N4O8S2/c18-8-1-4-14(12(5-8)17(22)23)21-19-13-3-2-10-11(16(13)20-21)6-9(30(24,25)26)7-15(10)31(27,28)29/h1-7H,18H2,(H,22,23)(H,24,25,26)(H,27,28,29). The Balaban J connectivity index is 2.11. The molecule has 0 radical (unpaired) electrons. The van der Waals surface area contributed by atoms with Crippen molar-refractivity contribution < 1.29 is 35.8 Å². The van der Waals surface area contributed by atoms with Gasteiger partial charge in [0.1, 0.15) is 21.6 Å². The predicted molar refractivity (Wildman–Crippen MR) is 107 cm³/mol. The van der Waals surface area contributed by atoms with E-state index in [1.807, 2.05) is 0 Å². The first-order chi connectivity index (χ1) is 14.4. The molecule has 0 bridgehead atoms. The van der Waals surface area contributed by atoms with E-state index in [2.05, 4.69) is 10.2 Å². The number of carbonyl (C=O) groups is 1. The topological polar surface area (TPSA) is 203 Å². The fourth-order valence-electron chi connectivity index (χ4n) is 3.12. The van der Waals surface area contributed by atoms with Crippen LogP contribution in [0.4, 0.5) is 5.69 Å². The average molecular weight is 464 g/mol. The van der Waals surface area contributed by atoms with Crippen LogP contribution < -0.4 is 5.73 Å². The molecule has 12 nitrogen and oxygen atoms in total. The van der Waals surface area contributed by atoms with E-state index in [1.165, 1.54) is 30.3 Å². The molecule has 0 saturated carbocycles. The SMILES string of the molecule is Nc1ccc(-n2nc3ccc4c(S(=O)(=O)O)cc(S(=O)(=O)O)cc4c3n2)c(C(=O)O)c1. The Bertz CT molecular complexity index is 1630. The monoisotopic (exact) mass is 464 g/mol. The highest BCUT2D eigenvalue weighted by atomic mass is 32.2. The predicted octanol–water partition coefficient (Wildman–Crippen LogP) is 1.35. The van der Waals surface area contributed by atoms with Gasteiger partial charge in [0.15, 0.2) is 0 Å². The number of nitrogens with zero attached hydrogens (tertiary/aromatic N) is 3. The molecule has 160 valence electrons. The fourth-order valence-corrected chi connectivity index (χ4v) is 4.46. The lowest BCUT2D eigenvalue weighted by Crippen LogP contribution is -2.08. The molecule has 0 aliphatic heterocycles. The zero-order valence-electron chi connectivity index (χ0n) is 15.2. The third kappa shape index (κ3) is 3.57. The van der Waals surface area contributed by atoms with Gasteiger partial charge in [-0.05, 0) is 36.4 Å². The van der Waals surface area contributed by atoms with Gasteiger partial charge in [0.25, 0.3) is 20.2 Å². The molecule has 4 rings (SSSR count). The van der Waals surface area contributed by atoms with E-state index in [1.54, 1.807) is 0 Å². The zero-order valence-corrected chi connectivity index (χ0v) is 16.8. The van der Waals surface area contributed by atoms with Crippen molar-refractivity contribution in [1.82, 2.24) is 15.0 Å². The third-order valence-electron chi connectivity index (χ3n) is 4.46. The molecule has 0 unspecified atom stereocenters. The first-order valence-corrected chi connectivity index (χ1v) is 11.2. The van der Waals surface area contributed by atoms with E-state index >= 15 is 0 Å². The number of benzene rings is 3. The minimum Gasteiger partial charge on any atom is -0.478 e. The van der Waals surface area contributed by atoms with Crippen LogP contribution in [0, 0.1) is 0 Å². The van der Waals surface area contributed by atoms with Crippen LogP contribution in [0.25, 0.3) is 27.5 Å². The van der Waals surface area contributed by atoms with E-state index in [0.717, 1.165) is 10.9 Å². The Morgan fingerprint density at radius 3 is 2.23 bits per heavy atom. The number of anilines is 1. The Kier molecular flexibility index (Phi) is 4.48. The fraction of sp³-hybridized carbons (Fsp3) is 0. The number of nitrogen functional groups attached to an aromatic ring is 1. The maximum atomic E-state index is 11.8. The number of aromatic carboxylic acids is 1. The number of carboxylic acid groups (broad SMARTS) is 1. The quantitative estimate of drug-likeness (QED) is 0.251. The highest BCUT2D eigenvalue weighted by Crippen LogP contribution is 2.32. The molecule has 0 spiro atoms. The van der Waals surface area contributed by atoms with Crippen molar-refractivity contribution in [3.05, 3.63) is 48.0 Å². The third-order valence-corrected chi connectivity index (χ3v) is 6.19. The maximum absolute atomic E-state index is 11.8. The second-order valence-corrected chi connectivity index (χ2v) is 9.28. The molecular weight excluding hydrogens is 452 g/mol. The van der Waals surface area contributed by atoms with Gasteiger partial charge in [-0.2, -0.15) is 16.8 Å². The van der Waals surface area contributed by atoms with E-state index < -0.39 is 36.0 Å². The van der Waals surface area contributed by atoms with Crippen molar-refractivity contribution in [1.29, 1.82) is 0 Å². The van der Waals surface area contributed by atoms with Crippen molar-refractivity contribution in [3.63, 3.8) is 0 Å². The molecule has 0 saturated heterocycles. The number of carboxylic acids is 1. The largest absolute Gasteiger partial charge is 0.478 e. The number of fused-ring (bicyclic) bond motifs is 3. The average Bonchev–Trinajstić information content (AvgIpc) is 3.10. The highest BCUT2D eigenvalue weighted by molar-refractivity contribution is 7.86. The van der Waals surface area contributed by atoms with E-state index in [4.69, 9.17) is 5.73 Å². The van der Waals surface area contributed by atoms with Crippen LogP contribution in [0.2, 0.25) is 0 Å². The van der Waals surface area contributed by atoms with Crippen LogP contribution in [-0.2, 0) is 20.2 Å². The summed E-state index contributed by atoms with van der Waals surface area (Å²) in [5, 5.41) is 17.6. The van der Waals surface area contributed by atoms with Gasteiger partial charge in [-0.1, -0.05) is 6.07 Å². The first kappa shape index (κ1) is 20.7. The van der Waals surface area contributed by atoms with Crippen molar-refractivity contribution in [3.8, 4) is 5.69 Å². The Morgan fingerprint density at radius 2 is 1.61 bits per heavy atom. The van der Waals surface area contributed by atoms with E-state index in [-0.39, 0.29) is 38.7 Å². The minimum atomic E-state index is -4.87. The molecule has 3 aromatic carbocycles. The van der Waals surface area contributed by atoms with Crippen LogP contribution in [0.5, 0.6) is 0 Å². The molecule has 31 heavy (non-hydrogen) atoms. The Hall–Kier alpha value is -3.59. The summed E-state index contributed by atoms with van der Waals surface area (Å²) in [6.45, 7) is 0. The van der Waals surface area contributed by atoms with Gasteiger partial charge in [0.2, 0.25) is 0 Å². The van der Waals surface area contributed by atoms with Gasteiger partial charge in [0.05, 0.1) is 10.5 Å². The van der Waals surface area contributed by atoms with E-state index in [9.17, 15) is 35.8 Å². The molecule has 1 heterocycles. The van der Waals surface area contributed by atoms with Crippen molar-refractivity contribution >= 4 is 53.7 Å². The van der Waals surface area contributed by atoms with Gasteiger partial charge in [-0.3, -0.25) is 9.11 Å². The van der Waals surface area contributed by atoms with Gasteiger partial charge in [-0.25, -0.2) is 4.79 Å². The summed E-state index contributed by atoms with van der Waals surface area (Å²) >= 11 is 0. The van der Waals surface area contributed by atoms with Crippen molar-refractivity contribution in [2.24, 2.45) is 0 Å². The minimum absolute atomic E-state index is 0.000985. The molecule has 0 amide bonds. The second-order valence-electron chi connectivity index (χ2n) is 6.47. The van der Waals surface area contributed by atoms with Crippen LogP contribution in [0.15, 0.2) is 52.3 Å². The summed E-state index contributed by atoms with van der Waals surface area (Å²) in [4.78, 5) is 11.0. The lowest BCUT2D eigenvalue weighted by Gasteiger charge is -2.07. The summed E-state index contributed by atoms with van der Waals surface area (Å²) in [6, 6.07) is 8.23. The normalized spacial score (nSPS) is 12.5. The summed E-state index contributed by atoms with van der Waals surface area (Å²) in [5.74, 6) is -1.30. The molecular formula is C17H12N4O8S2. The molecule has 0 aliphatic carbocycles. The highest BCUT2D eigenvalue weighted by Gasteiger charge is 2.23. The number of aromatic nitrogens is 3. The van der Waals surface area contributed by atoms with Gasteiger partial charge in [-0.15, -0.1) is 15.0 Å². The molecule has 0 atom stereocenters. The molecule has 14 heteroatoms. The second kappa shape index (κ2) is 6.71. The lowest BCUT2D eigenvalue weighted by molar-refractivity contribution is 0.0696. The van der Waals surface area contributed by atoms with Crippen LogP contribution >= 0.6 is 0 Å². The molecule has 1 aromatic heterocycles. The van der Waals surface area contributed by atoms with E-state index in [0.29, 0.717) is 6.07 Å². The summed E-state index contributed by atoms with van der Waals surface area (Å²) in [5.41, 5.74) is 5.83. The molecule has 0 fully saturated rings. The number of hydrogen-bond acceptors (Lipinski definition) is 8. The summed E-state index contributed by atoms with van der Waals surface area (Å²) < 4.78 is 65.8. The summed E-state index contributed by atoms with van der Waals surface area (Å²) in [6.07, 6.45) is 0. The number of nitrogens with two attached hydrogens (primary N) is 1. The molecule has 4 aromatic rings. The van der Waals surface area contributed by atoms with Gasteiger partial charge < -0.3 is 10.8 Å². The van der Waals surface area contributed by atoms with Crippen LogP contribution in [0.3, 0.4) is 0 Å². The number of hydrogen-bond donors (Lipinski definition) is 4. The van der Waals surface area contributed by atoms with Crippen LogP contribution in [-0.4, -0.2) is 52.0 Å². The van der Waals surface area contributed by atoms with Gasteiger partial charge >= 0.3 is 5.97 Å². The Labute approximate surface area is 174 Å². The van der Waals surface area contributed by atoms with Crippen LogP contribution in [0.1, 0.15) is 10.4 Å². The van der Waals surface area contributed by atoms with Gasteiger partial charge in [0, 0.05) is 16.5 Å². The summed E-state index contributed by atoms with van der Waals surface area (Å²) in [7, 11) is -9.71. The first-order valence-electron chi connectivity index (χ1n) is 8.28. The lowest BCUT2D eigenvalue weighted by atomic mass is 10.1.